The topological polar surface area (TPSA) is 101 Å². The number of sulfonamides is 1. The van der Waals surface area contributed by atoms with Gasteiger partial charge in [-0.1, -0.05) is 42.5 Å². The van der Waals surface area contributed by atoms with Crippen LogP contribution in [0.3, 0.4) is 0 Å². The number of benzene rings is 2. The van der Waals surface area contributed by atoms with Crippen LogP contribution in [-0.4, -0.2) is 36.8 Å². The fourth-order valence-electron chi connectivity index (χ4n) is 2.80. The van der Waals surface area contributed by atoms with E-state index in [1.165, 1.54) is 6.33 Å². The van der Waals surface area contributed by atoms with E-state index in [9.17, 15) is 13.2 Å². The molecule has 148 valence electrons. The first-order chi connectivity index (χ1) is 14.0. The maximum atomic E-state index is 12.3. The van der Waals surface area contributed by atoms with Crippen LogP contribution in [0.15, 0.2) is 71.9 Å². The summed E-state index contributed by atoms with van der Waals surface area (Å²) in [7, 11) is -3.48. The third kappa shape index (κ3) is 4.85. The van der Waals surface area contributed by atoms with E-state index in [-0.39, 0.29) is 23.3 Å². The molecule has 0 amide bonds. The van der Waals surface area contributed by atoms with Gasteiger partial charge in [-0.15, -0.1) is 0 Å². The predicted octanol–water partition coefficient (Wildman–Crippen LogP) is 2.88. The zero-order chi connectivity index (χ0) is 20.3. The van der Waals surface area contributed by atoms with Crippen molar-refractivity contribution in [1.82, 2.24) is 14.7 Å². The Kier molecular flexibility index (Phi) is 5.37. The zero-order valence-electron chi connectivity index (χ0n) is 15.6. The third-order valence-electron chi connectivity index (χ3n) is 4.55. The number of aromatic nitrogens is 2. The van der Waals surface area contributed by atoms with Crippen molar-refractivity contribution >= 4 is 21.6 Å². The van der Waals surface area contributed by atoms with Gasteiger partial charge in [0.25, 0.3) is 0 Å². The van der Waals surface area contributed by atoms with Crippen LogP contribution in [0.25, 0.3) is 11.3 Å². The Bertz CT molecular complexity index is 1110. The molecule has 2 aromatic carbocycles. The van der Waals surface area contributed by atoms with E-state index in [1.54, 1.807) is 42.5 Å². The Morgan fingerprint density at radius 2 is 1.72 bits per heavy atom. The van der Waals surface area contributed by atoms with Crippen molar-refractivity contribution < 1.29 is 13.2 Å². The number of nitrogens with one attached hydrogen (secondary N) is 2. The highest BCUT2D eigenvalue weighted by atomic mass is 32.2. The fraction of sp³-hybridized carbons (Fsp3) is 0.190. The smallest absolute Gasteiger partial charge is 0.240 e. The Labute approximate surface area is 169 Å². The van der Waals surface area contributed by atoms with E-state index in [0.717, 1.165) is 18.4 Å². The largest absolute Gasteiger partial charge is 0.362 e. The zero-order valence-corrected chi connectivity index (χ0v) is 16.4. The molecule has 0 radical (unpaired) electrons. The molecule has 0 saturated heterocycles. The average molecular weight is 408 g/mol. The lowest BCUT2D eigenvalue weighted by atomic mass is 10.1. The van der Waals surface area contributed by atoms with Crippen molar-refractivity contribution in [3.63, 3.8) is 0 Å². The molecule has 0 unspecified atom stereocenters. The molecule has 4 rings (SSSR count). The molecule has 0 bridgehead atoms. The van der Waals surface area contributed by atoms with Gasteiger partial charge in [-0.25, -0.2) is 23.1 Å². The Balaban J connectivity index is 1.45. The lowest BCUT2D eigenvalue weighted by Gasteiger charge is -2.08. The standard InChI is InChI=1S/C21H20N4O3S/c26-20(16-4-2-1-3-5-16)13-22-21-12-19(23-14-24-21)15-6-10-18(11-7-15)29(27,28)25-17-8-9-17/h1-7,10-12,14,17,25H,8-9,13H2,(H,22,23,24). The first-order valence-corrected chi connectivity index (χ1v) is 10.8. The molecule has 0 aliphatic heterocycles. The Morgan fingerprint density at radius 3 is 2.41 bits per heavy atom. The second-order valence-corrected chi connectivity index (χ2v) is 8.57. The highest BCUT2D eigenvalue weighted by Gasteiger charge is 2.27. The average Bonchev–Trinajstić information content (AvgIpc) is 3.56. The van der Waals surface area contributed by atoms with Crippen molar-refractivity contribution in [1.29, 1.82) is 0 Å². The molecule has 0 spiro atoms. The SMILES string of the molecule is O=C(CNc1cc(-c2ccc(S(=O)(=O)NC3CC3)cc2)ncn1)c1ccccc1. The molecule has 1 saturated carbocycles. The second kappa shape index (κ2) is 8.10. The number of carbonyl (C=O) groups is 1. The molecule has 1 fully saturated rings. The van der Waals surface area contributed by atoms with Gasteiger partial charge in [0.15, 0.2) is 5.78 Å². The van der Waals surface area contributed by atoms with Crippen LogP contribution in [-0.2, 0) is 10.0 Å². The molecule has 1 heterocycles. The predicted molar refractivity (Wildman–Crippen MR) is 110 cm³/mol. The van der Waals surface area contributed by atoms with Gasteiger partial charge in [0.2, 0.25) is 10.0 Å². The maximum Gasteiger partial charge on any atom is 0.240 e. The summed E-state index contributed by atoms with van der Waals surface area (Å²) in [6.45, 7) is 0.116. The summed E-state index contributed by atoms with van der Waals surface area (Å²) >= 11 is 0. The highest BCUT2D eigenvalue weighted by molar-refractivity contribution is 7.89. The van der Waals surface area contributed by atoms with Crippen molar-refractivity contribution in [2.45, 2.75) is 23.8 Å². The van der Waals surface area contributed by atoms with E-state index in [2.05, 4.69) is 20.0 Å². The van der Waals surface area contributed by atoms with Crippen LogP contribution >= 0.6 is 0 Å². The summed E-state index contributed by atoms with van der Waals surface area (Å²) in [6, 6.07) is 17.4. The van der Waals surface area contributed by atoms with Crippen molar-refractivity contribution in [3.05, 3.63) is 72.6 Å². The van der Waals surface area contributed by atoms with E-state index in [4.69, 9.17) is 0 Å². The van der Waals surface area contributed by atoms with Crippen molar-refractivity contribution in [2.24, 2.45) is 0 Å². The number of hydrogen-bond acceptors (Lipinski definition) is 6. The molecule has 7 nitrogen and oxygen atoms in total. The molecule has 2 N–H and O–H groups in total. The number of Topliss-reactive ketones (excluding diaryl/α,β-unsaturated/α-hetero) is 1. The van der Waals surface area contributed by atoms with E-state index < -0.39 is 10.0 Å². The summed E-state index contributed by atoms with van der Waals surface area (Å²) in [6.07, 6.45) is 3.19. The monoisotopic (exact) mass is 408 g/mol. The Morgan fingerprint density at radius 1 is 1.00 bits per heavy atom. The molecule has 8 heteroatoms. The number of nitrogens with zero attached hydrogens (tertiary/aromatic N) is 2. The summed E-state index contributed by atoms with van der Waals surface area (Å²) in [5.74, 6) is 0.481. The minimum Gasteiger partial charge on any atom is -0.362 e. The normalized spacial score (nSPS) is 13.8. The number of rotatable bonds is 8. The van der Waals surface area contributed by atoms with Crippen LogP contribution in [0.2, 0.25) is 0 Å². The van der Waals surface area contributed by atoms with Gasteiger partial charge >= 0.3 is 0 Å². The van der Waals surface area contributed by atoms with E-state index >= 15 is 0 Å². The maximum absolute atomic E-state index is 12.3. The third-order valence-corrected chi connectivity index (χ3v) is 6.09. The first-order valence-electron chi connectivity index (χ1n) is 9.28. The molecule has 29 heavy (non-hydrogen) atoms. The quantitative estimate of drug-likeness (QED) is 0.556. The van der Waals surface area contributed by atoms with Crippen LogP contribution < -0.4 is 10.0 Å². The van der Waals surface area contributed by atoms with Gasteiger partial charge < -0.3 is 5.32 Å². The molecular weight excluding hydrogens is 388 g/mol. The van der Waals surface area contributed by atoms with Crippen LogP contribution in [0.5, 0.6) is 0 Å². The molecule has 1 aliphatic carbocycles. The molecule has 3 aromatic rings. The molecule has 0 atom stereocenters. The number of hydrogen-bond donors (Lipinski definition) is 2. The van der Waals surface area contributed by atoms with Crippen LogP contribution in [0, 0.1) is 0 Å². The van der Waals surface area contributed by atoms with E-state index in [0.29, 0.717) is 17.1 Å². The van der Waals surface area contributed by atoms with Gasteiger partial charge in [0, 0.05) is 23.2 Å². The lowest BCUT2D eigenvalue weighted by molar-refractivity contribution is 0.101. The summed E-state index contributed by atoms with van der Waals surface area (Å²) < 4.78 is 27.2. The Hall–Kier alpha value is -3.10. The van der Waals surface area contributed by atoms with Gasteiger partial charge in [-0.3, -0.25) is 4.79 Å². The van der Waals surface area contributed by atoms with Gasteiger partial charge in [-0.05, 0) is 25.0 Å². The minimum absolute atomic E-state index is 0.0384. The van der Waals surface area contributed by atoms with Crippen molar-refractivity contribution in [3.8, 4) is 11.3 Å². The van der Waals surface area contributed by atoms with Gasteiger partial charge in [0.1, 0.15) is 12.1 Å². The molecule has 1 aromatic heterocycles. The van der Waals surface area contributed by atoms with Gasteiger partial charge in [-0.2, -0.15) is 0 Å². The number of carbonyl (C=O) groups excluding carboxylic acids is 1. The molecule has 1 aliphatic rings. The second-order valence-electron chi connectivity index (χ2n) is 6.85. The minimum atomic E-state index is -3.48. The fourth-order valence-corrected chi connectivity index (χ4v) is 4.11. The van der Waals surface area contributed by atoms with Crippen LogP contribution in [0.4, 0.5) is 5.82 Å². The number of ketones is 1. The first kappa shape index (κ1) is 19.2. The van der Waals surface area contributed by atoms with E-state index in [1.807, 2.05) is 18.2 Å². The number of anilines is 1. The summed E-state index contributed by atoms with van der Waals surface area (Å²) in [5.41, 5.74) is 2.02. The van der Waals surface area contributed by atoms with Crippen molar-refractivity contribution in [2.75, 3.05) is 11.9 Å². The lowest BCUT2D eigenvalue weighted by Crippen LogP contribution is -2.25. The summed E-state index contributed by atoms with van der Waals surface area (Å²) in [5, 5.41) is 3.01. The summed E-state index contributed by atoms with van der Waals surface area (Å²) in [4.78, 5) is 20.8. The van der Waals surface area contributed by atoms with Crippen LogP contribution in [0.1, 0.15) is 23.2 Å². The highest BCUT2D eigenvalue weighted by Crippen LogP contribution is 2.24. The van der Waals surface area contributed by atoms with Gasteiger partial charge in [0.05, 0.1) is 17.1 Å². The molecular formula is C21H20N4O3S.